The molecule has 3 aromatic heterocycles. The van der Waals surface area contributed by atoms with Crippen molar-refractivity contribution in [3.05, 3.63) is 16.3 Å². The Morgan fingerprint density at radius 2 is 1.91 bits per heavy atom. The molecule has 8 nitrogen and oxygen atoms in total. The van der Waals surface area contributed by atoms with Gasteiger partial charge in [0.25, 0.3) is 0 Å². The van der Waals surface area contributed by atoms with E-state index in [1.54, 1.807) is 23.1 Å². The van der Waals surface area contributed by atoms with Crippen molar-refractivity contribution in [1.82, 2.24) is 24.7 Å². The second-order valence-corrected chi connectivity index (χ2v) is 11.0. The first-order chi connectivity index (χ1) is 15.6. The van der Waals surface area contributed by atoms with E-state index < -0.39 is 0 Å². The molecule has 5 rings (SSSR count). The Morgan fingerprint density at radius 1 is 1.09 bits per heavy atom. The molecule has 1 fully saturated rings. The number of anilines is 2. The predicted molar refractivity (Wildman–Crippen MR) is 131 cm³/mol. The maximum absolute atomic E-state index is 6.44. The molecule has 1 aliphatic heterocycles. The van der Waals surface area contributed by atoms with Crippen LogP contribution in [0.2, 0.25) is 0 Å². The molecule has 32 heavy (non-hydrogen) atoms. The van der Waals surface area contributed by atoms with E-state index in [4.69, 9.17) is 15.5 Å². The Bertz CT molecular complexity index is 1090. The van der Waals surface area contributed by atoms with Crippen LogP contribution in [0.4, 0.5) is 11.8 Å². The number of hydrogen-bond donors (Lipinski definition) is 1. The van der Waals surface area contributed by atoms with E-state index in [1.807, 2.05) is 0 Å². The van der Waals surface area contributed by atoms with Crippen molar-refractivity contribution in [3.8, 4) is 0 Å². The fourth-order valence-electron chi connectivity index (χ4n) is 4.51. The summed E-state index contributed by atoms with van der Waals surface area (Å²) in [4.78, 5) is 14.3. The first-order valence-corrected chi connectivity index (χ1v) is 13.4. The molecule has 0 amide bonds. The molecule has 1 saturated heterocycles. The second kappa shape index (κ2) is 9.52. The Hall–Kier alpha value is -1.91. The minimum Gasteiger partial charge on any atom is -0.383 e. The summed E-state index contributed by atoms with van der Waals surface area (Å²) in [5.74, 6) is 3.45. The zero-order valence-electron chi connectivity index (χ0n) is 18.8. The third-order valence-electron chi connectivity index (χ3n) is 6.01. The van der Waals surface area contributed by atoms with E-state index in [2.05, 4.69) is 38.5 Å². The number of ether oxygens (including phenoxy) is 1. The molecule has 3 aromatic rings. The van der Waals surface area contributed by atoms with Gasteiger partial charge in [0.05, 0.1) is 24.4 Å². The molecule has 4 heterocycles. The molecule has 0 saturated carbocycles. The molecular formula is C22H31N7OS2. The lowest BCUT2D eigenvalue weighted by molar-refractivity contribution is 0.121. The number of morpholine rings is 1. The Kier molecular flexibility index (Phi) is 6.52. The van der Waals surface area contributed by atoms with Gasteiger partial charge in [-0.05, 0) is 37.2 Å². The maximum atomic E-state index is 6.44. The average Bonchev–Trinajstić information content (AvgIpc) is 3.25. The number of aryl methyl sites for hydroxylation is 2. The smallest absolute Gasteiger partial charge is 0.228 e. The van der Waals surface area contributed by atoms with Gasteiger partial charge in [0, 0.05) is 24.5 Å². The van der Waals surface area contributed by atoms with Crippen LogP contribution in [-0.4, -0.2) is 51.0 Å². The highest BCUT2D eigenvalue weighted by Crippen LogP contribution is 2.37. The summed E-state index contributed by atoms with van der Waals surface area (Å²) in [6, 6.07) is 0. The van der Waals surface area contributed by atoms with E-state index in [0.29, 0.717) is 17.5 Å². The molecule has 2 aliphatic rings. The summed E-state index contributed by atoms with van der Waals surface area (Å²) in [6.45, 7) is 8.47. The van der Waals surface area contributed by atoms with Gasteiger partial charge in [0.1, 0.15) is 16.5 Å². The zero-order chi connectivity index (χ0) is 22.1. The third kappa shape index (κ3) is 4.45. The highest BCUT2D eigenvalue weighted by atomic mass is 32.2. The van der Waals surface area contributed by atoms with E-state index in [0.717, 1.165) is 72.8 Å². The van der Waals surface area contributed by atoms with Crippen LogP contribution < -0.4 is 10.6 Å². The number of thiophene rings is 1. The van der Waals surface area contributed by atoms with Crippen LogP contribution in [-0.2, 0) is 29.9 Å². The molecule has 0 bridgehead atoms. The number of nitrogens with zero attached hydrogens (tertiary/aromatic N) is 6. The first-order valence-electron chi connectivity index (χ1n) is 11.6. The summed E-state index contributed by atoms with van der Waals surface area (Å²) in [7, 11) is 0. The fourth-order valence-corrected chi connectivity index (χ4v) is 6.60. The van der Waals surface area contributed by atoms with E-state index >= 15 is 0 Å². The minimum atomic E-state index is 0.495. The standard InChI is InChI=1S/C22H31N7OS2/c1-14(2)12-29-21(28-8-10-30-11-9-28)26-27-22(29)31-13-17-24-19(23)18-15-6-4-3-5-7-16(15)32-20(18)25-17/h14H,3-13H2,1-2H3,(H2,23,24,25). The molecule has 0 aromatic carbocycles. The van der Waals surface area contributed by atoms with Crippen molar-refractivity contribution in [2.24, 2.45) is 5.92 Å². The van der Waals surface area contributed by atoms with Crippen LogP contribution in [0, 0.1) is 5.92 Å². The minimum absolute atomic E-state index is 0.495. The van der Waals surface area contributed by atoms with Crippen LogP contribution in [0.3, 0.4) is 0 Å². The van der Waals surface area contributed by atoms with Gasteiger partial charge in [-0.2, -0.15) is 0 Å². The summed E-state index contributed by atoms with van der Waals surface area (Å²) >= 11 is 3.44. The lowest BCUT2D eigenvalue weighted by Gasteiger charge is -2.28. The number of hydrogen-bond acceptors (Lipinski definition) is 9. The van der Waals surface area contributed by atoms with Crippen molar-refractivity contribution in [2.45, 2.75) is 63.4 Å². The number of thioether (sulfide) groups is 1. The Morgan fingerprint density at radius 3 is 2.72 bits per heavy atom. The molecule has 0 spiro atoms. The molecule has 0 radical (unpaired) electrons. The van der Waals surface area contributed by atoms with Crippen molar-refractivity contribution < 1.29 is 4.74 Å². The molecular weight excluding hydrogens is 442 g/mol. The summed E-state index contributed by atoms with van der Waals surface area (Å²) < 4.78 is 7.74. The van der Waals surface area contributed by atoms with Crippen LogP contribution >= 0.6 is 23.1 Å². The third-order valence-corrected chi connectivity index (χ3v) is 8.16. The monoisotopic (exact) mass is 473 g/mol. The number of nitrogens with two attached hydrogens (primary N) is 1. The highest BCUT2D eigenvalue weighted by Gasteiger charge is 2.23. The molecule has 172 valence electrons. The van der Waals surface area contributed by atoms with Gasteiger partial charge in [-0.15, -0.1) is 21.5 Å². The van der Waals surface area contributed by atoms with Crippen LogP contribution in [0.25, 0.3) is 10.2 Å². The van der Waals surface area contributed by atoms with Gasteiger partial charge in [-0.25, -0.2) is 9.97 Å². The van der Waals surface area contributed by atoms with Gasteiger partial charge in [0.2, 0.25) is 5.95 Å². The SMILES string of the molecule is CC(C)Cn1c(SCc2nc(N)c3c4c(sc3n2)CCCCC4)nnc1N1CCOCC1. The van der Waals surface area contributed by atoms with Crippen molar-refractivity contribution in [2.75, 3.05) is 36.9 Å². The van der Waals surface area contributed by atoms with E-state index in [-0.39, 0.29) is 0 Å². The first kappa shape index (κ1) is 21.9. The fraction of sp³-hybridized carbons (Fsp3) is 0.636. The second-order valence-electron chi connectivity index (χ2n) is 8.94. The van der Waals surface area contributed by atoms with E-state index in [1.165, 1.54) is 29.7 Å². The van der Waals surface area contributed by atoms with Gasteiger partial charge in [-0.1, -0.05) is 32.0 Å². The van der Waals surface area contributed by atoms with Gasteiger partial charge < -0.3 is 15.4 Å². The summed E-state index contributed by atoms with van der Waals surface area (Å²) in [5, 5.41) is 11.0. The molecule has 2 N–H and O–H groups in total. The van der Waals surface area contributed by atoms with Gasteiger partial charge in [-0.3, -0.25) is 4.57 Å². The van der Waals surface area contributed by atoms with Crippen molar-refractivity contribution >= 4 is 45.1 Å². The van der Waals surface area contributed by atoms with Crippen molar-refractivity contribution in [1.29, 1.82) is 0 Å². The highest BCUT2D eigenvalue weighted by molar-refractivity contribution is 7.98. The molecule has 0 unspecified atom stereocenters. The number of fused-ring (bicyclic) bond motifs is 3. The largest absolute Gasteiger partial charge is 0.383 e. The normalized spacial score (nSPS) is 17.2. The topological polar surface area (TPSA) is 95.0 Å². The Balaban J connectivity index is 1.38. The van der Waals surface area contributed by atoms with Gasteiger partial charge >= 0.3 is 0 Å². The molecule has 10 heteroatoms. The number of rotatable bonds is 6. The lowest BCUT2D eigenvalue weighted by Crippen LogP contribution is -2.38. The average molecular weight is 474 g/mol. The lowest BCUT2D eigenvalue weighted by atomic mass is 10.1. The van der Waals surface area contributed by atoms with Crippen LogP contribution in [0.5, 0.6) is 0 Å². The van der Waals surface area contributed by atoms with Crippen LogP contribution in [0.15, 0.2) is 5.16 Å². The quantitative estimate of drug-likeness (QED) is 0.425. The molecule has 1 aliphatic carbocycles. The molecule has 0 atom stereocenters. The number of nitrogen functional groups attached to an aromatic ring is 1. The number of aromatic nitrogens is 5. The van der Waals surface area contributed by atoms with E-state index in [9.17, 15) is 0 Å². The predicted octanol–water partition coefficient (Wildman–Crippen LogP) is 3.92. The van der Waals surface area contributed by atoms with Crippen LogP contribution in [0.1, 0.15) is 49.4 Å². The summed E-state index contributed by atoms with van der Waals surface area (Å²) in [6.07, 6.45) is 6.02. The zero-order valence-corrected chi connectivity index (χ0v) is 20.5. The Labute approximate surface area is 197 Å². The summed E-state index contributed by atoms with van der Waals surface area (Å²) in [5.41, 5.74) is 7.83. The van der Waals surface area contributed by atoms with Crippen molar-refractivity contribution in [3.63, 3.8) is 0 Å². The maximum Gasteiger partial charge on any atom is 0.228 e. The van der Waals surface area contributed by atoms with Gasteiger partial charge in [0.15, 0.2) is 5.16 Å².